The zero-order chi connectivity index (χ0) is 11.9. The number of fused-ring (bicyclic) bond motifs is 1. The van der Waals surface area contributed by atoms with E-state index in [9.17, 15) is 5.11 Å². The first-order valence-corrected chi connectivity index (χ1v) is 6.78. The highest BCUT2D eigenvalue weighted by Crippen LogP contribution is 2.50. The molecule has 0 heterocycles. The van der Waals surface area contributed by atoms with E-state index in [0.717, 1.165) is 24.7 Å². The van der Waals surface area contributed by atoms with Gasteiger partial charge in [0.05, 0.1) is 5.60 Å². The average Bonchev–Trinajstić information content (AvgIpc) is 2.15. The highest BCUT2D eigenvalue weighted by Gasteiger charge is 2.44. The van der Waals surface area contributed by atoms with Crippen molar-refractivity contribution in [1.82, 2.24) is 0 Å². The molecule has 0 radical (unpaired) electrons. The molecule has 0 aliphatic heterocycles. The second-order valence-electron chi connectivity index (χ2n) is 6.57. The van der Waals surface area contributed by atoms with Crippen molar-refractivity contribution in [2.75, 3.05) is 0 Å². The van der Waals surface area contributed by atoms with Crippen LogP contribution in [-0.4, -0.2) is 10.7 Å². The van der Waals surface area contributed by atoms with Gasteiger partial charge in [0, 0.05) is 0 Å². The van der Waals surface area contributed by atoms with Crippen molar-refractivity contribution in [3.05, 3.63) is 12.2 Å². The van der Waals surface area contributed by atoms with Crippen LogP contribution in [0, 0.1) is 23.7 Å². The van der Waals surface area contributed by atoms with Gasteiger partial charge < -0.3 is 5.11 Å². The lowest BCUT2D eigenvalue weighted by molar-refractivity contribution is -0.0571. The van der Waals surface area contributed by atoms with E-state index in [1.807, 2.05) is 6.92 Å². The van der Waals surface area contributed by atoms with Crippen molar-refractivity contribution in [3.8, 4) is 0 Å². The molecule has 5 atom stereocenters. The zero-order valence-electron chi connectivity index (χ0n) is 11.0. The molecule has 0 aromatic rings. The maximum absolute atomic E-state index is 10.3. The minimum atomic E-state index is -0.425. The van der Waals surface area contributed by atoms with Crippen LogP contribution < -0.4 is 0 Å². The molecule has 2 aliphatic carbocycles. The molecule has 1 nitrogen and oxygen atoms in total. The van der Waals surface area contributed by atoms with E-state index in [2.05, 4.69) is 20.4 Å². The van der Waals surface area contributed by atoms with Crippen molar-refractivity contribution in [2.45, 2.75) is 58.5 Å². The summed E-state index contributed by atoms with van der Waals surface area (Å²) in [6, 6.07) is 0. The third-order valence-electron chi connectivity index (χ3n) is 5.06. The van der Waals surface area contributed by atoms with Crippen LogP contribution in [-0.2, 0) is 0 Å². The minimum Gasteiger partial charge on any atom is -0.390 e. The Morgan fingerprint density at radius 2 is 1.94 bits per heavy atom. The van der Waals surface area contributed by atoms with Gasteiger partial charge in [0.15, 0.2) is 0 Å². The molecule has 0 saturated heterocycles. The minimum absolute atomic E-state index is 0.425. The molecule has 2 rings (SSSR count). The standard InChI is InChI=1S/C15H26O/c1-10(2)12-6-5-11(3)13-7-8-15(4,16)9-14(12)13/h11-14,16H,1,5-9H2,2-4H3/t11-,12+,13+,14+,15-/m1/s1. The van der Waals surface area contributed by atoms with Crippen LogP contribution in [0.5, 0.6) is 0 Å². The Bertz CT molecular complexity index is 279. The Kier molecular flexibility index (Phi) is 3.18. The van der Waals surface area contributed by atoms with Gasteiger partial charge in [-0.05, 0) is 69.6 Å². The van der Waals surface area contributed by atoms with Crippen LogP contribution in [0.15, 0.2) is 12.2 Å². The normalized spacial score (nSPS) is 48.5. The molecular weight excluding hydrogens is 196 g/mol. The molecule has 0 bridgehead atoms. The molecule has 2 saturated carbocycles. The fraction of sp³-hybridized carbons (Fsp3) is 0.867. The lowest BCUT2D eigenvalue weighted by atomic mass is 9.57. The summed E-state index contributed by atoms with van der Waals surface area (Å²) in [5, 5.41) is 10.3. The largest absolute Gasteiger partial charge is 0.390 e. The summed E-state index contributed by atoms with van der Waals surface area (Å²) in [7, 11) is 0. The average molecular weight is 222 g/mol. The van der Waals surface area contributed by atoms with E-state index >= 15 is 0 Å². The predicted octanol–water partition coefficient (Wildman–Crippen LogP) is 3.78. The highest BCUT2D eigenvalue weighted by atomic mass is 16.3. The van der Waals surface area contributed by atoms with Crippen molar-refractivity contribution in [1.29, 1.82) is 0 Å². The van der Waals surface area contributed by atoms with Crippen LogP contribution in [0.2, 0.25) is 0 Å². The summed E-state index contributed by atoms with van der Waals surface area (Å²) in [5.41, 5.74) is 0.908. The number of allylic oxidation sites excluding steroid dienone is 1. The quantitative estimate of drug-likeness (QED) is 0.669. The monoisotopic (exact) mass is 222 g/mol. The Labute approximate surface area is 99.9 Å². The van der Waals surface area contributed by atoms with Crippen molar-refractivity contribution >= 4 is 0 Å². The summed E-state index contributed by atoms with van der Waals surface area (Å²) in [6.07, 6.45) is 5.82. The molecular formula is C15H26O. The summed E-state index contributed by atoms with van der Waals surface area (Å²) < 4.78 is 0. The number of hydrogen-bond donors (Lipinski definition) is 1. The Balaban J connectivity index is 2.18. The molecule has 0 unspecified atom stereocenters. The van der Waals surface area contributed by atoms with Crippen molar-refractivity contribution in [2.24, 2.45) is 23.7 Å². The Morgan fingerprint density at radius 1 is 1.25 bits per heavy atom. The number of aliphatic hydroxyl groups is 1. The van der Waals surface area contributed by atoms with E-state index in [4.69, 9.17) is 0 Å². The number of hydrogen-bond acceptors (Lipinski definition) is 1. The topological polar surface area (TPSA) is 20.2 Å². The fourth-order valence-electron chi connectivity index (χ4n) is 4.08. The van der Waals surface area contributed by atoms with Crippen molar-refractivity contribution < 1.29 is 5.11 Å². The first-order chi connectivity index (χ1) is 7.41. The SMILES string of the molecule is C=C(C)[C@@H]1CC[C@@H](C)[C@@H]2CC[C@@](C)(O)C[C@H]21. The molecule has 1 heteroatoms. The van der Waals surface area contributed by atoms with Gasteiger partial charge in [-0.3, -0.25) is 0 Å². The molecule has 0 spiro atoms. The molecule has 0 amide bonds. The van der Waals surface area contributed by atoms with Gasteiger partial charge in [-0.25, -0.2) is 0 Å². The van der Waals surface area contributed by atoms with Crippen molar-refractivity contribution in [3.63, 3.8) is 0 Å². The van der Waals surface area contributed by atoms with E-state index in [1.165, 1.54) is 24.8 Å². The number of rotatable bonds is 1. The molecule has 0 aromatic carbocycles. The van der Waals surface area contributed by atoms with Crippen LogP contribution in [0.1, 0.15) is 52.9 Å². The second kappa shape index (κ2) is 4.18. The zero-order valence-corrected chi connectivity index (χ0v) is 11.0. The summed E-state index contributed by atoms with van der Waals surface area (Å²) in [5.74, 6) is 3.02. The molecule has 92 valence electrons. The van der Waals surface area contributed by atoms with Crippen LogP contribution >= 0.6 is 0 Å². The first-order valence-electron chi connectivity index (χ1n) is 6.78. The lowest BCUT2D eigenvalue weighted by Gasteiger charge is -2.49. The third kappa shape index (κ3) is 2.20. The van der Waals surface area contributed by atoms with Gasteiger partial charge in [-0.1, -0.05) is 19.1 Å². The fourth-order valence-corrected chi connectivity index (χ4v) is 4.08. The van der Waals surface area contributed by atoms with Gasteiger partial charge in [-0.15, -0.1) is 0 Å². The smallest absolute Gasteiger partial charge is 0.0622 e. The molecule has 0 aromatic heterocycles. The van der Waals surface area contributed by atoms with E-state index in [1.54, 1.807) is 0 Å². The highest BCUT2D eigenvalue weighted by molar-refractivity contribution is 5.06. The molecule has 2 aliphatic rings. The van der Waals surface area contributed by atoms with E-state index in [-0.39, 0.29) is 0 Å². The molecule has 1 N–H and O–H groups in total. The van der Waals surface area contributed by atoms with Gasteiger partial charge in [0.25, 0.3) is 0 Å². The third-order valence-corrected chi connectivity index (χ3v) is 5.06. The van der Waals surface area contributed by atoms with Gasteiger partial charge in [-0.2, -0.15) is 0 Å². The van der Waals surface area contributed by atoms with Gasteiger partial charge in [0.1, 0.15) is 0 Å². The first kappa shape index (κ1) is 12.2. The Morgan fingerprint density at radius 3 is 2.56 bits per heavy atom. The maximum atomic E-state index is 10.3. The Hall–Kier alpha value is -0.300. The van der Waals surface area contributed by atoms with Gasteiger partial charge >= 0.3 is 0 Å². The molecule has 2 fully saturated rings. The predicted molar refractivity (Wildman–Crippen MR) is 68.2 cm³/mol. The summed E-state index contributed by atoms with van der Waals surface area (Å²) in [4.78, 5) is 0. The lowest BCUT2D eigenvalue weighted by Crippen LogP contribution is -2.44. The van der Waals surface area contributed by atoms with Gasteiger partial charge in [0.2, 0.25) is 0 Å². The summed E-state index contributed by atoms with van der Waals surface area (Å²) in [6.45, 7) is 10.7. The summed E-state index contributed by atoms with van der Waals surface area (Å²) >= 11 is 0. The second-order valence-corrected chi connectivity index (χ2v) is 6.57. The van der Waals surface area contributed by atoms with Crippen LogP contribution in [0.4, 0.5) is 0 Å². The van der Waals surface area contributed by atoms with Crippen LogP contribution in [0.25, 0.3) is 0 Å². The van der Waals surface area contributed by atoms with E-state index in [0.29, 0.717) is 11.8 Å². The van der Waals surface area contributed by atoms with E-state index < -0.39 is 5.60 Å². The maximum Gasteiger partial charge on any atom is 0.0622 e. The van der Waals surface area contributed by atoms with Crippen LogP contribution in [0.3, 0.4) is 0 Å². The molecule has 16 heavy (non-hydrogen) atoms.